The van der Waals surface area contributed by atoms with E-state index >= 15 is 0 Å². The highest BCUT2D eigenvalue weighted by molar-refractivity contribution is 7.12. The molecular formula is C21H25N3O2S. The van der Waals surface area contributed by atoms with E-state index in [9.17, 15) is 9.59 Å². The molecule has 1 aromatic carbocycles. The summed E-state index contributed by atoms with van der Waals surface area (Å²) >= 11 is 1.37. The number of nitrogens with one attached hydrogen (secondary N) is 2. The molecule has 1 unspecified atom stereocenters. The summed E-state index contributed by atoms with van der Waals surface area (Å²) in [6.45, 7) is 2.79. The van der Waals surface area contributed by atoms with Crippen molar-refractivity contribution in [2.75, 3.05) is 13.6 Å². The predicted molar refractivity (Wildman–Crippen MR) is 110 cm³/mol. The number of H-pyrrole nitrogens is 1. The van der Waals surface area contributed by atoms with E-state index in [2.05, 4.69) is 17.2 Å². The Labute approximate surface area is 163 Å². The number of hydrogen-bond acceptors (Lipinski definition) is 3. The van der Waals surface area contributed by atoms with Crippen LogP contribution in [0, 0.1) is 0 Å². The zero-order valence-corrected chi connectivity index (χ0v) is 16.5. The number of aromatic nitrogens is 1. The number of thiophene rings is 1. The highest BCUT2D eigenvalue weighted by Crippen LogP contribution is 2.20. The van der Waals surface area contributed by atoms with E-state index < -0.39 is 6.04 Å². The van der Waals surface area contributed by atoms with Gasteiger partial charge in [0.05, 0.1) is 4.88 Å². The van der Waals surface area contributed by atoms with Gasteiger partial charge < -0.3 is 15.2 Å². The van der Waals surface area contributed by atoms with Gasteiger partial charge in [-0.1, -0.05) is 37.6 Å². The topological polar surface area (TPSA) is 65.2 Å². The Kier molecular flexibility index (Phi) is 6.29. The number of unbranched alkanes of at least 4 members (excludes halogenated alkanes) is 1. The lowest BCUT2D eigenvalue weighted by Crippen LogP contribution is -2.48. The van der Waals surface area contributed by atoms with E-state index in [1.165, 1.54) is 11.3 Å². The zero-order valence-electron chi connectivity index (χ0n) is 15.7. The summed E-state index contributed by atoms with van der Waals surface area (Å²) in [7, 11) is 1.80. The fourth-order valence-corrected chi connectivity index (χ4v) is 3.76. The van der Waals surface area contributed by atoms with Crippen molar-refractivity contribution in [2.45, 2.75) is 32.2 Å². The van der Waals surface area contributed by atoms with Crippen LogP contribution in [0.25, 0.3) is 10.9 Å². The largest absolute Gasteiger partial charge is 0.361 e. The first-order valence-electron chi connectivity index (χ1n) is 9.24. The van der Waals surface area contributed by atoms with Gasteiger partial charge in [0.25, 0.3) is 5.91 Å². The minimum Gasteiger partial charge on any atom is -0.361 e. The molecular weight excluding hydrogens is 358 g/mol. The first kappa shape index (κ1) is 19.2. The van der Waals surface area contributed by atoms with Crippen LogP contribution in [-0.4, -0.2) is 41.3 Å². The number of nitrogens with zero attached hydrogens (tertiary/aromatic N) is 1. The summed E-state index contributed by atoms with van der Waals surface area (Å²) in [6, 6.07) is 11.0. The summed E-state index contributed by atoms with van der Waals surface area (Å²) in [5.74, 6) is -0.259. The van der Waals surface area contributed by atoms with Crippen LogP contribution in [0.3, 0.4) is 0 Å². The lowest BCUT2D eigenvalue weighted by Gasteiger charge is -2.24. The molecule has 1 atom stereocenters. The fourth-order valence-electron chi connectivity index (χ4n) is 3.13. The van der Waals surface area contributed by atoms with Crippen LogP contribution in [0.4, 0.5) is 0 Å². The zero-order chi connectivity index (χ0) is 19.2. The summed E-state index contributed by atoms with van der Waals surface area (Å²) < 4.78 is 0. The first-order valence-corrected chi connectivity index (χ1v) is 10.1. The number of likely N-dealkylation sites (N-methyl/N-ethyl adjacent to an activating group) is 1. The molecule has 3 aromatic rings. The second kappa shape index (κ2) is 8.86. The monoisotopic (exact) mass is 383 g/mol. The van der Waals surface area contributed by atoms with E-state index in [4.69, 9.17) is 0 Å². The van der Waals surface area contributed by atoms with Gasteiger partial charge in [0.15, 0.2) is 0 Å². The van der Waals surface area contributed by atoms with Crippen molar-refractivity contribution in [3.8, 4) is 0 Å². The molecule has 5 nitrogen and oxygen atoms in total. The number of carbonyl (C=O) groups excluding carboxylic acids is 2. The van der Waals surface area contributed by atoms with E-state index in [0.29, 0.717) is 17.8 Å². The van der Waals surface area contributed by atoms with E-state index in [0.717, 1.165) is 29.3 Å². The van der Waals surface area contributed by atoms with Crippen molar-refractivity contribution in [2.24, 2.45) is 0 Å². The molecule has 3 rings (SSSR count). The summed E-state index contributed by atoms with van der Waals surface area (Å²) in [5.41, 5.74) is 2.06. The minimum absolute atomic E-state index is 0.0568. The quantitative estimate of drug-likeness (QED) is 0.621. The number of hydrogen-bond donors (Lipinski definition) is 2. The normalized spacial score (nSPS) is 12.1. The molecule has 2 N–H and O–H groups in total. The molecule has 27 heavy (non-hydrogen) atoms. The maximum absolute atomic E-state index is 13.0. The summed E-state index contributed by atoms with van der Waals surface area (Å²) in [4.78, 5) is 31.2. The van der Waals surface area contributed by atoms with Gasteiger partial charge in [0, 0.05) is 37.1 Å². The first-order chi connectivity index (χ1) is 13.1. The molecule has 2 amide bonds. The molecule has 0 saturated carbocycles. The van der Waals surface area contributed by atoms with Crippen LogP contribution < -0.4 is 5.32 Å². The van der Waals surface area contributed by atoms with E-state index in [-0.39, 0.29) is 11.8 Å². The van der Waals surface area contributed by atoms with Crippen molar-refractivity contribution in [1.82, 2.24) is 15.2 Å². The molecule has 0 bridgehead atoms. The van der Waals surface area contributed by atoms with Gasteiger partial charge in [0.1, 0.15) is 6.04 Å². The highest BCUT2D eigenvalue weighted by atomic mass is 32.1. The molecule has 0 aliphatic carbocycles. The van der Waals surface area contributed by atoms with E-state index in [1.807, 2.05) is 41.9 Å². The van der Waals surface area contributed by atoms with Gasteiger partial charge in [-0.05, 0) is 29.5 Å². The Morgan fingerprint density at radius 2 is 2.04 bits per heavy atom. The van der Waals surface area contributed by atoms with Gasteiger partial charge in [-0.25, -0.2) is 0 Å². The number of fused-ring (bicyclic) bond motifs is 1. The highest BCUT2D eigenvalue weighted by Gasteiger charge is 2.26. The molecule has 142 valence electrons. The van der Waals surface area contributed by atoms with Crippen molar-refractivity contribution in [3.05, 3.63) is 58.4 Å². The van der Waals surface area contributed by atoms with Crippen molar-refractivity contribution in [3.63, 3.8) is 0 Å². The van der Waals surface area contributed by atoms with Crippen LogP contribution in [0.2, 0.25) is 0 Å². The molecule has 2 aromatic heterocycles. The number of carbonyl (C=O) groups is 2. The number of amides is 2. The van der Waals surface area contributed by atoms with Gasteiger partial charge in [0.2, 0.25) is 5.91 Å². The third-order valence-electron chi connectivity index (χ3n) is 4.67. The van der Waals surface area contributed by atoms with Crippen LogP contribution in [0.5, 0.6) is 0 Å². The maximum Gasteiger partial charge on any atom is 0.262 e. The van der Waals surface area contributed by atoms with Crippen LogP contribution in [0.1, 0.15) is 35.0 Å². The molecule has 6 heteroatoms. The van der Waals surface area contributed by atoms with Gasteiger partial charge in [-0.3, -0.25) is 9.59 Å². The number of benzene rings is 1. The van der Waals surface area contributed by atoms with Crippen LogP contribution >= 0.6 is 11.3 Å². The lowest BCUT2D eigenvalue weighted by molar-refractivity contribution is -0.132. The SMILES string of the molecule is CCCCN(C)C(=O)C(Cc1c[nH]c2ccccc12)NC(=O)c1cccs1. The second-order valence-corrected chi connectivity index (χ2v) is 7.63. The van der Waals surface area contributed by atoms with Crippen molar-refractivity contribution < 1.29 is 9.59 Å². The number of rotatable bonds is 8. The summed E-state index contributed by atoms with van der Waals surface area (Å²) in [5, 5.41) is 5.89. The Morgan fingerprint density at radius 3 is 2.78 bits per heavy atom. The van der Waals surface area contributed by atoms with Crippen LogP contribution in [-0.2, 0) is 11.2 Å². The predicted octanol–water partition coefficient (Wildman–Crippen LogP) is 3.83. The average Bonchev–Trinajstić information content (AvgIpc) is 3.35. The molecule has 0 radical (unpaired) electrons. The summed E-state index contributed by atoms with van der Waals surface area (Å²) in [6.07, 6.45) is 4.35. The molecule has 2 heterocycles. The molecule has 0 aliphatic heterocycles. The molecule has 0 saturated heterocycles. The van der Waals surface area contributed by atoms with E-state index in [1.54, 1.807) is 18.0 Å². The van der Waals surface area contributed by atoms with Crippen molar-refractivity contribution >= 4 is 34.1 Å². The fraction of sp³-hybridized carbons (Fsp3) is 0.333. The standard InChI is InChI=1S/C21H25N3O2S/c1-3-4-11-24(2)21(26)18(23-20(25)19-10-7-12-27-19)13-15-14-22-17-9-6-5-8-16(15)17/h5-10,12,14,18,22H,3-4,11,13H2,1-2H3,(H,23,25). The molecule has 0 aliphatic rings. The second-order valence-electron chi connectivity index (χ2n) is 6.68. The molecule has 0 fully saturated rings. The minimum atomic E-state index is -0.597. The molecule has 0 spiro atoms. The van der Waals surface area contributed by atoms with Crippen molar-refractivity contribution in [1.29, 1.82) is 0 Å². The number of para-hydroxylation sites is 1. The smallest absolute Gasteiger partial charge is 0.262 e. The van der Waals surface area contributed by atoms with Gasteiger partial charge in [-0.15, -0.1) is 11.3 Å². The third kappa shape index (κ3) is 4.57. The number of aromatic amines is 1. The van der Waals surface area contributed by atoms with Crippen LogP contribution in [0.15, 0.2) is 48.0 Å². The Morgan fingerprint density at radius 1 is 1.22 bits per heavy atom. The van der Waals surface area contributed by atoms with Gasteiger partial charge in [-0.2, -0.15) is 0 Å². The van der Waals surface area contributed by atoms with Gasteiger partial charge >= 0.3 is 0 Å². The average molecular weight is 384 g/mol. The lowest BCUT2D eigenvalue weighted by atomic mass is 10.0. The Hall–Kier alpha value is -2.60. The third-order valence-corrected chi connectivity index (χ3v) is 5.54. The maximum atomic E-state index is 13.0. The Balaban J connectivity index is 1.82. The Bertz CT molecular complexity index is 901.